The molecule has 1 N–H and O–H groups in total. The Bertz CT molecular complexity index is 1180. The Balaban J connectivity index is 1.51. The maximum absolute atomic E-state index is 12.7. The van der Waals surface area contributed by atoms with Gasteiger partial charge in [-0.3, -0.25) is 4.79 Å². The Labute approximate surface area is 161 Å². The van der Waals surface area contributed by atoms with E-state index in [1.807, 2.05) is 37.3 Å². The van der Waals surface area contributed by atoms with E-state index in [-0.39, 0.29) is 12.4 Å². The Hall–Kier alpha value is -3.74. The molecule has 1 aromatic carbocycles. The molecule has 28 heavy (non-hydrogen) atoms. The molecule has 7 nitrogen and oxygen atoms in total. The van der Waals surface area contributed by atoms with Crippen LogP contribution in [0, 0.1) is 13.8 Å². The highest BCUT2D eigenvalue weighted by Crippen LogP contribution is 2.22. The molecule has 140 valence electrons. The molecule has 0 saturated carbocycles. The van der Waals surface area contributed by atoms with Gasteiger partial charge in [-0.15, -0.1) is 0 Å². The standard InChI is InChI=1S/C21H18N4O3/c1-13-20(15-7-3-4-8-17(15)24-13)18(26)12-28-21(27)16-11-23-25(14(16)2)19-9-5-6-10-22-19/h3-11,24H,12H2,1-2H3. The van der Waals surface area contributed by atoms with E-state index in [1.54, 1.807) is 29.9 Å². The second-order valence-electron chi connectivity index (χ2n) is 6.41. The number of Topliss-reactive ketones (excluding diaryl/α,β-unsaturated/α-hetero) is 1. The fourth-order valence-corrected chi connectivity index (χ4v) is 3.24. The smallest absolute Gasteiger partial charge is 0.342 e. The number of aromatic amines is 1. The molecular formula is C21H18N4O3. The summed E-state index contributed by atoms with van der Waals surface area (Å²) >= 11 is 0. The normalized spacial score (nSPS) is 10.9. The number of para-hydroxylation sites is 1. The van der Waals surface area contributed by atoms with Crippen LogP contribution in [0.5, 0.6) is 0 Å². The molecule has 0 saturated heterocycles. The van der Waals surface area contributed by atoms with E-state index >= 15 is 0 Å². The number of ketones is 1. The highest BCUT2D eigenvalue weighted by molar-refractivity contribution is 6.10. The van der Waals surface area contributed by atoms with Gasteiger partial charge < -0.3 is 9.72 Å². The lowest BCUT2D eigenvalue weighted by Crippen LogP contribution is -2.15. The number of aromatic nitrogens is 4. The minimum absolute atomic E-state index is 0.252. The third kappa shape index (κ3) is 3.07. The molecule has 0 spiro atoms. The molecule has 0 aliphatic rings. The third-order valence-corrected chi connectivity index (χ3v) is 4.60. The van der Waals surface area contributed by atoms with Gasteiger partial charge in [0.05, 0.1) is 11.9 Å². The molecular weight excluding hydrogens is 356 g/mol. The number of nitrogens with one attached hydrogen (secondary N) is 1. The van der Waals surface area contributed by atoms with Crippen molar-refractivity contribution in [2.45, 2.75) is 13.8 Å². The number of benzene rings is 1. The molecule has 3 aromatic heterocycles. The van der Waals surface area contributed by atoms with Crippen molar-refractivity contribution in [3.05, 3.63) is 77.4 Å². The minimum atomic E-state index is -0.592. The van der Waals surface area contributed by atoms with Crippen molar-refractivity contribution in [2.24, 2.45) is 0 Å². The molecule has 0 radical (unpaired) electrons. The van der Waals surface area contributed by atoms with Crippen LogP contribution in [0.4, 0.5) is 0 Å². The molecule has 0 amide bonds. The number of aryl methyl sites for hydroxylation is 1. The predicted octanol–water partition coefficient (Wildman–Crippen LogP) is 3.41. The first kappa shape index (κ1) is 17.7. The number of carbonyl (C=O) groups is 2. The number of esters is 1. The van der Waals surface area contributed by atoms with Crippen LogP contribution in [0.15, 0.2) is 54.9 Å². The summed E-state index contributed by atoms with van der Waals surface area (Å²) in [6.07, 6.45) is 3.07. The summed E-state index contributed by atoms with van der Waals surface area (Å²) in [4.78, 5) is 32.5. The van der Waals surface area contributed by atoms with E-state index in [9.17, 15) is 9.59 Å². The van der Waals surface area contributed by atoms with Gasteiger partial charge in [-0.05, 0) is 32.0 Å². The monoisotopic (exact) mass is 374 g/mol. The molecule has 0 bridgehead atoms. The van der Waals surface area contributed by atoms with E-state index < -0.39 is 5.97 Å². The maximum Gasteiger partial charge on any atom is 0.342 e. The second-order valence-corrected chi connectivity index (χ2v) is 6.41. The first-order chi connectivity index (χ1) is 13.6. The zero-order valence-corrected chi connectivity index (χ0v) is 15.5. The number of hydrogen-bond donors (Lipinski definition) is 1. The number of H-pyrrole nitrogens is 1. The summed E-state index contributed by atoms with van der Waals surface area (Å²) in [6.45, 7) is 3.25. The summed E-state index contributed by atoms with van der Waals surface area (Å²) in [5, 5.41) is 5.02. The number of ether oxygens (including phenoxy) is 1. The van der Waals surface area contributed by atoms with Crippen LogP contribution in [-0.2, 0) is 4.74 Å². The van der Waals surface area contributed by atoms with Crippen molar-refractivity contribution in [2.75, 3.05) is 6.61 Å². The molecule has 3 heterocycles. The fraction of sp³-hybridized carbons (Fsp3) is 0.143. The van der Waals surface area contributed by atoms with Crippen LogP contribution < -0.4 is 0 Å². The van der Waals surface area contributed by atoms with Crippen molar-refractivity contribution >= 4 is 22.7 Å². The molecule has 0 atom stereocenters. The average molecular weight is 374 g/mol. The molecule has 0 fully saturated rings. The Morgan fingerprint density at radius 3 is 2.68 bits per heavy atom. The number of fused-ring (bicyclic) bond motifs is 1. The lowest BCUT2D eigenvalue weighted by atomic mass is 10.1. The molecule has 7 heteroatoms. The van der Waals surface area contributed by atoms with E-state index in [0.717, 1.165) is 16.6 Å². The van der Waals surface area contributed by atoms with E-state index in [4.69, 9.17) is 4.74 Å². The van der Waals surface area contributed by atoms with Crippen LogP contribution in [-0.4, -0.2) is 38.1 Å². The fourth-order valence-electron chi connectivity index (χ4n) is 3.24. The lowest BCUT2D eigenvalue weighted by molar-refractivity contribution is 0.0474. The van der Waals surface area contributed by atoms with Crippen molar-refractivity contribution in [3.8, 4) is 5.82 Å². The van der Waals surface area contributed by atoms with Crippen molar-refractivity contribution in [3.63, 3.8) is 0 Å². The van der Waals surface area contributed by atoms with Crippen molar-refractivity contribution in [1.82, 2.24) is 19.7 Å². The van der Waals surface area contributed by atoms with Gasteiger partial charge >= 0.3 is 5.97 Å². The summed E-state index contributed by atoms with van der Waals surface area (Å²) < 4.78 is 6.83. The van der Waals surface area contributed by atoms with Gasteiger partial charge in [0, 0.05) is 28.4 Å². The van der Waals surface area contributed by atoms with Crippen molar-refractivity contribution < 1.29 is 14.3 Å². The van der Waals surface area contributed by atoms with E-state index in [1.165, 1.54) is 6.20 Å². The molecule has 4 rings (SSSR count). The highest BCUT2D eigenvalue weighted by Gasteiger charge is 2.21. The largest absolute Gasteiger partial charge is 0.454 e. The molecule has 0 aliphatic carbocycles. The lowest BCUT2D eigenvalue weighted by Gasteiger charge is -2.06. The summed E-state index contributed by atoms with van der Waals surface area (Å²) in [6, 6.07) is 13.0. The SMILES string of the molecule is Cc1[nH]c2ccccc2c1C(=O)COC(=O)c1cnn(-c2ccccn2)c1C. The van der Waals surface area contributed by atoms with Crippen LogP contribution in [0.3, 0.4) is 0 Å². The van der Waals surface area contributed by atoms with Crippen LogP contribution in [0.2, 0.25) is 0 Å². The third-order valence-electron chi connectivity index (χ3n) is 4.60. The van der Waals surface area contributed by atoms with Gasteiger partial charge in [0.1, 0.15) is 5.56 Å². The van der Waals surface area contributed by atoms with Gasteiger partial charge in [0.15, 0.2) is 12.4 Å². The molecule has 0 unspecified atom stereocenters. The second kappa shape index (κ2) is 7.11. The number of nitrogens with zero attached hydrogens (tertiary/aromatic N) is 3. The summed E-state index contributed by atoms with van der Waals surface area (Å²) in [5.74, 6) is -0.242. The first-order valence-corrected chi connectivity index (χ1v) is 8.80. The number of pyridine rings is 1. The Morgan fingerprint density at radius 1 is 1.11 bits per heavy atom. The van der Waals surface area contributed by atoms with Crippen molar-refractivity contribution in [1.29, 1.82) is 0 Å². The van der Waals surface area contributed by atoms with Crippen LogP contribution >= 0.6 is 0 Å². The number of hydrogen-bond acceptors (Lipinski definition) is 5. The highest BCUT2D eigenvalue weighted by atomic mass is 16.5. The average Bonchev–Trinajstić information content (AvgIpc) is 3.25. The minimum Gasteiger partial charge on any atom is -0.454 e. The van der Waals surface area contributed by atoms with Gasteiger partial charge in [-0.1, -0.05) is 24.3 Å². The van der Waals surface area contributed by atoms with Gasteiger partial charge in [0.25, 0.3) is 0 Å². The first-order valence-electron chi connectivity index (χ1n) is 8.80. The van der Waals surface area contributed by atoms with Crippen LogP contribution in [0.1, 0.15) is 32.1 Å². The Morgan fingerprint density at radius 2 is 1.89 bits per heavy atom. The van der Waals surface area contributed by atoms with E-state index in [0.29, 0.717) is 22.6 Å². The Kier molecular flexibility index (Phi) is 4.49. The summed E-state index contributed by atoms with van der Waals surface area (Å²) in [5.41, 5.74) is 3.07. The van der Waals surface area contributed by atoms with Gasteiger partial charge in [0.2, 0.25) is 5.78 Å². The molecule has 4 aromatic rings. The predicted molar refractivity (Wildman–Crippen MR) is 104 cm³/mol. The van der Waals surface area contributed by atoms with Gasteiger partial charge in [-0.2, -0.15) is 5.10 Å². The topological polar surface area (TPSA) is 89.9 Å². The number of rotatable bonds is 5. The zero-order chi connectivity index (χ0) is 19.7. The quantitative estimate of drug-likeness (QED) is 0.427. The zero-order valence-electron chi connectivity index (χ0n) is 15.5. The maximum atomic E-state index is 12.7. The van der Waals surface area contributed by atoms with E-state index in [2.05, 4.69) is 15.1 Å². The van der Waals surface area contributed by atoms with Crippen LogP contribution in [0.25, 0.3) is 16.7 Å². The number of carbonyl (C=O) groups excluding carboxylic acids is 2. The summed E-state index contributed by atoms with van der Waals surface area (Å²) in [7, 11) is 0. The molecule has 0 aliphatic heterocycles. The van der Waals surface area contributed by atoms with Gasteiger partial charge in [-0.25, -0.2) is 14.5 Å².